The molecule has 1 aromatic rings. The molecule has 1 aliphatic carbocycles. The molecule has 2 nitrogen and oxygen atoms in total. The van der Waals surface area contributed by atoms with Gasteiger partial charge in [0.15, 0.2) is 0 Å². The van der Waals surface area contributed by atoms with Gasteiger partial charge in [0.2, 0.25) is 0 Å². The van der Waals surface area contributed by atoms with Crippen LogP contribution in [0.15, 0.2) is 18.2 Å². The summed E-state index contributed by atoms with van der Waals surface area (Å²) in [6.07, 6.45) is 4.81. The van der Waals surface area contributed by atoms with E-state index in [1.807, 2.05) is 0 Å². The molecule has 0 bridgehead atoms. The summed E-state index contributed by atoms with van der Waals surface area (Å²) in [6, 6.07) is 7.12. The van der Waals surface area contributed by atoms with Crippen LogP contribution < -0.4 is 0 Å². The number of nitriles is 1. The SMILES string of the molecule is CCCC1CCC(C#N)(C(O)c2ccc(C)c(F)c2)CC1. The lowest BCUT2D eigenvalue weighted by Crippen LogP contribution is -2.32. The van der Waals surface area contributed by atoms with Gasteiger partial charge in [-0.1, -0.05) is 31.9 Å². The summed E-state index contributed by atoms with van der Waals surface area (Å²) in [7, 11) is 0. The molecule has 1 aromatic carbocycles. The zero-order valence-corrected chi connectivity index (χ0v) is 12.9. The van der Waals surface area contributed by atoms with E-state index >= 15 is 0 Å². The number of aryl methyl sites for hydroxylation is 1. The number of halogens is 1. The molecular formula is C18H24FNO. The van der Waals surface area contributed by atoms with Gasteiger partial charge in [-0.05, 0) is 55.7 Å². The highest BCUT2D eigenvalue weighted by Gasteiger charge is 2.42. The van der Waals surface area contributed by atoms with Gasteiger partial charge in [0.1, 0.15) is 5.82 Å². The van der Waals surface area contributed by atoms with Gasteiger partial charge < -0.3 is 5.11 Å². The molecule has 0 aliphatic heterocycles. The first-order valence-electron chi connectivity index (χ1n) is 7.88. The van der Waals surface area contributed by atoms with Crippen molar-refractivity contribution in [3.8, 4) is 6.07 Å². The zero-order chi connectivity index (χ0) is 15.5. The van der Waals surface area contributed by atoms with Gasteiger partial charge >= 0.3 is 0 Å². The third-order valence-corrected chi connectivity index (χ3v) is 4.95. The Kier molecular flexibility index (Phi) is 5.00. The standard InChI is InChI=1S/C18H24FNO/c1-3-4-14-7-9-18(12-20,10-8-14)17(21)15-6-5-13(2)16(19)11-15/h5-6,11,14,17,21H,3-4,7-10H2,1-2H3. The van der Waals surface area contributed by atoms with Gasteiger partial charge in [0.25, 0.3) is 0 Å². The molecule has 1 fully saturated rings. The van der Waals surface area contributed by atoms with E-state index in [9.17, 15) is 14.8 Å². The predicted molar refractivity (Wildman–Crippen MR) is 81.0 cm³/mol. The Hall–Kier alpha value is -1.40. The van der Waals surface area contributed by atoms with Crippen molar-refractivity contribution in [3.63, 3.8) is 0 Å². The van der Waals surface area contributed by atoms with Crippen molar-refractivity contribution in [2.24, 2.45) is 11.3 Å². The molecule has 0 saturated heterocycles. The second-order valence-corrected chi connectivity index (χ2v) is 6.41. The smallest absolute Gasteiger partial charge is 0.126 e. The lowest BCUT2D eigenvalue weighted by atomic mass is 9.66. The van der Waals surface area contributed by atoms with E-state index in [0.717, 1.165) is 19.3 Å². The van der Waals surface area contributed by atoms with Crippen LogP contribution in [0, 0.1) is 35.4 Å². The third kappa shape index (κ3) is 3.27. The van der Waals surface area contributed by atoms with Crippen LogP contribution in [0.1, 0.15) is 62.7 Å². The molecular weight excluding hydrogens is 265 g/mol. The van der Waals surface area contributed by atoms with Gasteiger partial charge in [0, 0.05) is 0 Å². The zero-order valence-electron chi connectivity index (χ0n) is 12.9. The predicted octanol–water partition coefficient (Wildman–Crippen LogP) is 4.67. The summed E-state index contributed by atoms with van der Waals surface area (Å²) in [6.45, 7) is 3.87. The summed E-state index contributed by atoms with van der Waals surface area (Å²) < 4.78 is 13.7. The van der Waals surface area contributed by atoms with Crippen molar-refractivity contribution in [1.29, 1.82) is 5.26 Å². The minimum Gasteiger partial charge on any atom is -0.387 e. The molecule has 1 unspecified atom stereocenters. The third-order valence-electron chi connectivity index (χ3n) is 4.95. The normalized spacial score (nSPS) is 27.1. The maximum atomic E-state index is 13.7. The first-order chi connectivity index (χ1) is 10.0. The average molecular weight is 289 g/mol. The lowest BCUT2D eigenvalue weighted by molar-refractivity contribution is 0.0234. The second kappa shape index (κ2) is 6.58. The number of aliphatic hydroxyl groups excluding tert-OH is 1. The molecule has 114 valence electrons. The largest absolute Gasteiger partial charge is 0.387 e. The fourth-order valence-electron chi connectivity index (χ4n) is 3.43. The van der Waals surface area contributed by atoms with E-state index in [1.54, 1.807) is 19.1 Å². The maximum Gasteiger partial charge on any atom is 0.126 e. The molecule has 0 radical (unpaired) electrons. The topological polar surface area (TPSA) is 44.0 Å². The second-order valence-electron chi connectivity index (χ2n) is 6.41. The number of nitrogens with zero attached hydrogens (tertiary/aromatic N) is 1. The van der Waals surface area contributed by atoms with Crippen LogP contribution in [0.25, 0.3) is 0 Å². The summed E-state index contributed by atoms with van der Waals surface area (Å²) >= 11 is 0. The van der Waals surface area contributed by atoms with E-state index < -0.39 is 11.5 Å². The number of hydrogen-bond donors (Lipinski definition) is 1. The Labute approximate surface area is 126 Å². The summed E-state index contributed by atoms with van der Waals surface area (Å²) in [4.78, 5) is 0. The highest BCUT2D eigenvalue weighted by Crippen LogP contribution is 2.48. The number of aliphatic hydroxyl groups is 1. The van der Waals surface area contributed by atoms with Crippen molar-refractivity contribution in [2.75, 3.05) is 0 Å². The van der Waals surface area contributed by atoms with Crippen molar-refractivity contribution in [3.05, 3.63) is 35.1 Å². The van der Waals surface area contributed by atoms with Gasteiger partial charge in [-0.2, -0.15) is 5.26 Å². The summed E-state index contributed by atoms with van der Waals surface area (Å²) in [5.74, 6) is 0.345. The van der Waals surface area contributed by atoms with E-state index in [-0.39, 0.29) is 5.82 Å². The first-order valence-corrected chi connectivity index (χ1v) is 7.88. The monoisotopic (exact) mass is 289 g/mol. The maximum absolute atomic E-state index is 13.7. The van der Waals surface area contributed by atoms with Crippen LogP contribution in [-0.2, 0) is 0 Å². The molecule has 2 rings (SSSR count). The average Bonchev–Trinajstić information content (AvgIpc) is 2.51. The fraction of sp³-hybridized carbons (Fsp3) is 0.611. The van der Waals surface area contributed by atoms with Crippen LogP contribution in [0.2, 0.25) is 0 Å². The molecule has 1 aliphatic rings. The molecule has 1 atom stereocenters. The minimum absolute atomic E-state index is 0.320. The van der Waals surface area contributed by atoms with E-state index in [2.05, 4.69) is 13.0 Å². The van der Waals surface area contributed by atoms with Crippen LogP contribution in [-0.4, -0.2) is 5.11 Å². The first kappa shape index (κ1) is 16.0. The lowest BCUT2D eigenvalue weighted by Gasteiger charge is -2.38. The number of hydrogen-bond acceptors (Lipinski definition) is 2. The Morgan fingerprint density at radius 1 is 1.43 bits per heavy atom. The molecule has 0 aromatic heterocycles. The Bertz CT molecular complexity index is 527. The van der Waals surface area contributed by atoms with Gasteiger partial charge in [-0.25, -0.2) is 4.39 Å². The quantitative estimate of drug-likeness (QED) is 0.875. The van der Waals surface area contributed by atoms with E-state index in [0.29, 0.717) is 29.9 Å². The van der Waals surface area contributed by atoms with E-state index in [1.165, 1.54) is 12.5 Å². The van der Waals surface area contributed by atoms with Gasteiger partial charge in [-0.3, -0.25) is 0 Å². The number of rotatable bonds is 4. The Morgan fingerprint density at radius 3 is 2.62 bits per heavy atom. The van der Waals surface area contributed by atoms with Crippen molar-refractivity contribution < 1.29 is 9.50 Å². The summed E-state index contributed by atoms with van der Waals surface area (Å²) in [5.41, 5.74) is 0.323. The van der Waals surface area contributed by atoms with Crippen molar-refractivity contribution >= 4 is 0 Å². The van der Waals surface area contributed by atoms with E-state index in [4.69, 9.17) is 0 Å². The molecule has 3 heteroatoms. The molecule has 1 saturated carbocycles. The molecule has 0 spiro atoms. The molecule has 1 N–H and O–H groups in total. The van der Waals surface area contributed by atoms with Crippen molar-refractivity contribution in [1.82, 2.24) is 0 Å². The van der Waals surface area contributed by atoms with Crippen LogP contribution in [0.5, 0.6) is 0 Å². The summed E-state index contributed by atoms with van der Waals surface area (Å²) in [5, 5.41) is 20.2. The molecule has 0 heterocycles. The van der Waals surface area contributed by atoms with Crippen LogP contribution in [0.3, 0.4) is 0 Å². The Morgan fingerprint density at radius 2 is 2.10 bits per heavy atom. The fourth-order valence-corrected chi connectivity index (χ4v) is 3.43. The highest BCUT2D eigenvalue weighted by molar-refractivity contribution is 5.28. The minimum atomic E-state index is -0.903. The van der Waals surface area contributed by atoms with Crippen LogP contribution >= 0.6 is 0 Å². The number of benzene rings is 1. The van der Waals surface area contributed by atoms with Gasteiger partial charge in [0.05, 0.1) is 17.6 Å². The Balaban J connectivity index is 2.17. The van der Waals surface area contributed by atoms with Gasteiger partial charge in [-0.15, -0.1) is 0 Å². The van der Waals surface area contributed by atoms with Crippen molar-refractivity contribution in [2.45, 2.75) is 58.5 Å². The van der Waals surface area contributed by atoms with Crippen LogP contribution in [0.4, 0.5) is 4.39 Å². The highest BCUT2D eigenvalue weighted by atomic mass is 19.1. The molecule has 21 heavy (non-hydrogen) atoms. The molecule has 0 amide bonds.